The Bertz CT molecular complexity index is 119. The number of piperidine rings is 1. The molecule has 1 fully saturated rings. The lowest BCUT2D eigenvalue weighted by atomic mass is 10.0. The van der Waals surface area contributed by atoms with Gasteiger partial charge in [-0.15, -0.1) is 0 Å². The minimum atomic E-state index is -0.173. The standard InChI is InChI=1S/C10H21NO/c1-3-10(9(2)12)11-7-5-4-6-8-11/h9-10,12H,3-8H2,1-2H3. The number of hydrogen-bond acceptors (Lipinski definition) is 2. The predicted molar refractivity (Wildman–Crippen MR) is 51.2 cm³/mol. The molecule has 2 nitrogen and oxygen atoms in total. The van der Waals surface area contributed by atoms with Crippen LogP contribution in [-0.4, -0.2) is 35.2 Å². The second-order valence-electron chi connectivity index (χ2n) is 3.81. The zero-order chi connectivity index (χ0) is 8.97. The van der Waals surface area contributed by atoms with Gasteiger partial charge in [0.05, 0.1) is 6.10 Å². The number of aliphatic hydroxyl groups is 1. The van der Waals surface area contributed by atoms with Crippen LogP contribution in [0.2, 0.25) is 0 Å². The van der Waals surface area contributed by atoms with E-state index in [9.17, 15) is 5.11 Å². The van der Waals surface area contributed by atoms with Crippen LogP contribution in [-0.2, 0) is 0 Å². The maximum atomic E-state index is 9.52. The van der Waals surface area contributed by atoms with Crippen LogP contribution in [0.25, 0.3) is 0 Å². The topological polar surface area (TPSA) is 23.5 Å². The number of nitrogens with zero attached hydrogens (tertiary/aromatic N) is 1. The molecule has 2 atom stereocenters. The third kappa shape index (κ3) is 2.46. The summed E-state index contributed by atoms with van der Waals surface area (Å²) >= 11 is 0. The van der Waals surface area contributed by atoms with E-state index in [2.05, 4.69) is 11.8 Å². The Morgan fingerprint density at radius 3 is 2.25 bits per heavy atom. The summed E-state index contributed by atoms with van der Waals surface area (Å²) < 4.78 is 0. The van der Waals surface area contributed by atoms with E-state index < -0.39 is 0 Å². The molecular weight excluding hydrogens is 150 g/mol. The Labute approximate surface area is 75.6 Å². The minimum Gasteiger partial charge on any atom is -0.392 e. The van der Waals surface area contributed by atoms with Crippen molar-refractivity contribution in [2.24, 2.45) is 0 Å². The average Bonchev–Trinajstić information content (AvgIpc) is 2.07. The van der Waals surface area contributed by atoms with Crippen LogP contribution in [0.3, 0.4) is 0 Å². The molecule has 1 heterocycles. The van der Waals surface area contributed by atoms with Crippen LogP contribution in [0.5, 0.6) is 0 Å². The summed E-state index contributed by atoms with van der Waals surface area (Å²) in [5.74, 6) is 0. The van der Waals surface area contributed by atoms with E-state index in [-0.39, 0.29) is 6.10 Å². The largest absolute Gasteiger partial charge is 0.392 e. The smallest absolute Gasteiger partial charge is 0.0667 e. The fraction of sp³-hybridized carbons (Fsp3) is 1.00. The lowest BCUT2D eigenvalue weighted by Crippen LogP contribution is -2.44. The Kier molecular flexibility index (Phi) is 4.02. The molecule has 0 aromatic rings. The molecule has 0 spiro atoms. The second-order valence-corrected chi connectivity index (χ2v) is 3.81. The van der Waals surface area contributed by atoms with Gasteiger partial charge in [-0.05, 0) is 39.3 Å². The molecule has 0 aliphatic carbocycles. The molecule has 1 aliphatic rings. The van der Waals surface area contributed by atoms with E-state index in [0.29, 0.717) is 6.04 Å². The highest BCUT2D eigenvalue weighted by Gasteiger charge is 2.22. The maximum absolute atomic E-state index is 9.52. The van der Waals surface area contributed by atoms with Crippen LogP contribution >= 0.6 is 0 Å². The summed E-state index contributed by atoms with van der Waals surface area (Å²) in [6.07, 6.45) is 4.88. The summed E-state index contributed by atoms with van der Waals surface area (Å²) in [6, 6.07) is 0.394. The summed E-state index contributed by atoms with van der Waals surface area (Å²) in [7, 11) is 0. The number of hydrogen-bond donors (Lipinski definition) is 1. The SMILES string of the molecule is CCC(C(C)O)N1CCCCC1. The van der Waals surface area contributed by atoms with Crippen molar-refractivity contribution in [3.63, 3.8) is 0 Å². The lowest BCUT2D eigenvalue weighted by Gasteiger charge is -2.35. The molecular formula is C10H21NO. The van der Waals surface area contributed by atoms with Crippen molar-refractivity contribution in [2.75, 3.05) is 13.1 Å². The van der Waals surface area contributed by atoms with Crippen LogP contribution < -0.4 is 0 Å². The van der Waals surface area contributed by atoms with E-state index in [0.717, 1.165) is 6.42 Å². The molecule has 12 heavy (non-hydrogen) atoms. The molecule has 1 N–H and O–H groups in total. The monoisotopic (exact) mass is 171 g/mol. The third-order valence-corrected chi connectivity index (χ3v) is 2.83. The molecule has 2 unspecified atom stereocenters. The molecule has 0 aromatic heterocycles. The van der Waals surface area contributed by atoms with E-state index in [1.54, 1.807) is 0 Å². The van der Waals surface area contributed by atoms with Gasteiger partial charge in [-0.2, -0.15) is 0 Å². The highest BCUT2D eigenvalue weighted by molar-refractivity contribution is 4.77. The highest BCUT2D eigenvalue weighted by Crippen LogP contribution is 2.16. The molecule has 0 amide bonds. The summed E-state index contributed by atoms with van der Waals surface area (Å²) in [5.41, 5.74) is 0. The Morgan fingerprint density at radius 1 is 1.25 bits per heavy atom. The normalized spacial score (nSPS) is 25.2. The van der Waals surface area contributed by atoms with Gasteiger partial charge in [0, 0.05) is 6.04 Å². The average molecular weight is 171 g/mol. The van der Waals surface area contributed by atoms with Gasteiger partial charge in [0.2, 0.25) is 0 Å². The fourth-order valence-corrected chi connectivity index (χ4v) is 2.15. The fourth-order valence-electron chi connectivity index (χ4n) is 2.15. The Morgan fingerprint density at radius 2 is 1.83 bits per heavy atom. The van der Waals surface area contributed by atoms with Gasteiger partial charge in [-0.1, -0.05) is 13.3 Å². The third-order valence-electron chi connectivity index (χ3n) is 2.83. The highest BCUT2D eigenvalue weighted by atomic mass is 16.3. The number of aliphatic hydroxyl groups excluding tert-OH is 1. The van der Waals surface area contributed by atoms with Crippen molar-refractivity contribution >= 4 is 0 Å². The maximum Gasteiger partial charge on any atom is 0.0667 e. The Hall–Kier alpha value is -0.0800. The zero-order valence-corrected chi connectivity index (χ0v) is 8.29. The lowest BCUT2D eigenvalue weighted by molar-refractivity contribution is 0.0469. The van der Waals surface area contributed by atoms with Crippen molar-refractivity contribution in [2.45, 2.75) is 51.7 Å². The first-order valence-corrected chi connectivity index (χ1v) is 5.17. The quantitative estimate of drug-likeness (QED) is 0.697. The van der Waals surface area contributed by atoms with E-state index in [1.165, 1.54) is 32.4 Å². The van der Waals surface area contributed by atoms with Crippen molar-refractivity contribution in [1.82, 2.24) is 4.90 Å². The van der Waals surface area contributed by atoms with Crippen LogP contribution in [0, 0.1) is 0 Å². The molecule has 2 heteroatoms. The second kappa shape index (κ2) is 4.83. The summed E-state index contributed by atoms with van der Waals surface area (Å²) in [6.45, 7) is 6.43. The first-order valence-electron chi connectivity index (χ1n) is 5.17. The van der Waals surface area contributed by atoms with Gasteiger partial charge in [0.1, 0.15) is 0 Å². The van der Waals surface area contributed by atoms with Gasteiger partial charge >= 0.3 is 0 Å². The van der Waals surface area contributed by atoms with E-state index in [4.69, 9.17) is 0 Å². The molecule has 0 radical (unpaired) electrons. The number of likely N-dealkylation sites (tertiary alicyclic amines) is 1. The van der Waals surface area contributed by atoms with Gasteiger partial charge < -0.3 is 5.11 Å². The Balaban J connectivity index is 2.40. The first kappa shape index (κ1) is 10.0. The van der Waals surface area contributed by atoms with E-state index in [1.807, 2.05) is 6.92 Å². The molecule has 1 rings (SSSR count). The minimum absolute atomic E-state index is 0.173. The van der Waals surface area contributed by atoms with Crippen LogP contribution in [0.4, 0.5) is 0 Å². The zero-order valence-electron chi connectivity index (χ0n) is 8.29. The molecule has 72 valence electrons. The van der Waals surface area contributed by atoms with Gasteiger partial charge in [-0.3, -0.25) is 4.90 Å². The van der Waals surface area contributed by atoms with E-state index >= 15 is 0 Å². The molecule has 1 saturated heterocycles. The van der Waals surface area contributed by atoms with Crippen molar-refractivity contribution in [3.8, 4) is 0 Å². The molecule has 0 aromatic carbocycles. The predicted octanol–water partition coefficient (Wildman–Crippen LogP) is 1.63. The summed E-state index contributed by atoms with van der Waals surface area (Å²) in [4.78, 5) is 2.44. The summed E-state index contributed by atoms with van der Waals surface area (Å²) in [5, 5.41) is 9.52. The van der Waals surface area contributed by atoms with Crippen LogP contribution in [0.1, 0.15) is 39.5 Å². The van der Waals surface area contributed by atoms with Crippen LogP contribution in [0.15, 0.2) is 0 Å². The first-order chi connectivity index (χ1) is 5.75. The van der Waals surface area contributed by atoms with Crippen molar-refractivity contribution < 1.29 is 5.11 Å². The molecule has 0 bridgehead atoms. The van der Waals surface area contributed by atoms with Gasteiger partial charge in [0.25, 0.3) is 0 Å². The molecule has 0 saturated carbocycles. The van der Waals surface area contributed by atoms with Gasteiger partial charge in [0.15, 0.2) is 0 Å². The number of rotatable bonds is 3. The van der Waals surface area contributed by atoms with Crippen molar-refractivity contribution in [1.29, 1.82) is 0 Å². The van der Waals surface area contributed by atoms with Crippen molar-refractivity contribution in [3.05, 3.63) is 0 Å². The van der Waals surface area contributed by atoms with Gasteiger partial charge in [-0.25, -0.2) is 0 Å². The molecule has 1 aliphatic heterocycles.